The number of rotatable bonds is 5. The Morgan fingerprint density at radius 1 is 0.971 bits per heavy atom. The first-order chi connectivity index (χ1) is 16.6. The summed E-state index contributed by atoms with van der Waals surface area (Å²) in [5, 5.41) is 11.4. The van der Waals surface area contributed by atoms with Gasteiger partial charge in [-0.15, -0.1) is 0 Å². The molecular formula is C30H31NO4. The van der Waals surface area contributed by atoms with Crippen LogP contribution in [0.3, 0.4) is 0 Å². The van der Waals surface area contributed by atoms with Crippen LogP contribution in [-0.2, 0) is 15.0 Å². The Hall–Kier alpha value is -3.86. The summed E-state index contributed by atoms with van der Waals surface area (Å²) in [4.78, 5) is 28.1. The molecule has 1 fully saturated rings. The van der Waals surface area contributed by atoms with Crippen LogP contribution in [0.2, 0.25) is 0 Å². The third-order valence-corrected chi connectivity index (χ3v) is 6.32. The third kappa shape index (κ3) is 4.59. The molecule has 1 saturated heterocycles. The van der Waals surface area contributed by atoms with Crippen molar-refractivity contribution >= 4 is 23.1 Å². The molecule has 1 amide bonds. The first-order valence-electron chi connectivity index (χ1n) is 11.8. The van der Waals surface area contributed by atoms with Gasteiger partial charge in [0.15, 0.2) is 0 Å². The molecule has 5 nitrogen and oxygen atoms in total. The van der Waals surface area contributed by atoms with Crippen LogP contribution in [0.15, 0.2) is 78.4 Å². The minimum Gasteiger partial charge on any atom is -0.507 e. The second kappa shape index (κ2) is 9.41. The van der Waals surface area contributed by atoms with Gasteiger partial charge in [0.25, 0.3) is 11.7 Å². The zero-order valence-corrected chi connectivity index (χ0v) is 20.8. The number of nitrogens with zero attached hydrogens (tertiary/aromatic N) is 1. The molecule has 0 spiro atoms. The molecule has 3 aromatic rings. The quantitative estimate of drug-likeness (QED) is 0.270. The van der Waals surface area contributed by atoms with Gasteiger partial charge in [-0.1, -0.05) is 63.2 Å². The lowest BCUT2D eigenvalue weighted by Crippen LogP contribution is -2.29. The van der Waals surface area contributed by atoms with E-state index in [1.807, 2.05) is 56.3 Å². The van der Waals surface area contributed by atoms with Gasteiger partial charge in [-0.25, -0.2) is 0 Å². The highest BCUT2D eigenvalue weighted by atomic mass is 16.5. The van der Waals surface area contributed by atoms with Crippen LogP contribution in [0, 0.1) is 6.92 Å². The topological polar surface area (TPSA) is 66.8 Å². The summed E-state index contributed by atoms with van der Waals surface area (Å²) in [5.41, 5.74) is 3.82. The van der Waals surface area contributed by atoms with Crippen LogP contribution in [-0.4, -0.2) is 23.4 Å². The van der Waals surface area contributed by atoms with E-state index < -0.39 is 17.7 Å². The number of hydrogen-bond donors (Lipinski definition) is 1. The zero-order chi connectivity index (χ0) is 25.3. The van der Waals surface area contributed by atoms with E-state index in [0.29, 0.717) is 23.6 Å². The number of Topliss-reactive ketones (excluding diaryl/α,β-unsaturated/α-hetero) is 1. The summed E-state index contributed by atoms with van der Waals surface area (Å²) in [5.74, 6) is -0.853. The average Bonchev–Trinajstić information content (AvgIpc) is 3.10. The first kappa shape index (κ1) is 24.3. The maximum absolute atomic E-state index is 13.3. The van der Waals surface area contributed by atoms with Gasteiger partial charge in [-0.2, -0.15) is 0 Å². The van der Waals surface area contributed by atoms with Crippen LogP contribution >= 0.6 is 0 Å². The van der Waals surface area contributed by atoms with Gasteiger partial charge >= 0.3 is 0 Å². The number of hydrogen-bond acceptors (Lipinski definition) is 4. The third-order valence-electron chi connectivity index (χ3n) is 6.32. The number of aliphatic hydroxyl groups is 1. The standard InChI is InChI=1S/C30H31NO4/c1-6-35-24-17-14-21(18-19(24)2)27(32)25-26(20-12-15-22(16-13-20)30(3,4)5)31(29(34)28(25)33)23-10-8-7-9-11-23/h7-18,26,32H,6H2,1-5H3/b27-25-. The summed E-state index contributed by atoms with van der Waals surface area (Å²) in [7, 11) is 0. The molecule has 1 aliphatic heterocycles. The lowest BCUT2D eigenvalue weighted by molar-refractivity contribution is -0.132. The van der Waals surface area contributed by atoms with E-state index in [4.69, 9.17) is 4.74 Å². The first-order valence-corrected chi connectivity index (χ1v) is 11.8. The van der Waals surface area contributed by atoms with E-state index in [-0.39, 0.29) is 16.7 Å². The number of anilines is 1. The number of para-hydroxylation sites is 1. The van der Waals surface area contributed by atoms with Crippen molar-refractivity contribution in [3.8, 4) is 5.75 Å². The fraction of sp³-hybridized carbons (Fsp3) is 0.267. The van der Waals surface area contributed by atoms with Gasteiger partial charge in [0.1, 0.15) is 11.5 Å². The van der Waals surface area contributed by atoms with Crippen molar-refractivity contribution in [2.45, 2.75) is 46.1 Å². The number of carbonyl (C=O) groups is 2. The summed E-state index contributed by atoms with van der Waals surface area (Å²) < 4.78 is 5.61. The second-order valence-electron chi connectivity index (χ2n) is 9.79. The summed E-state index contributed by atoms with van der Waals surface area (Å²) in [6, 6.07) is 21.5. The molecule has 0 aromatic heterocycles. The molecule has 0 bridgehead atoms. The highest BCUT2D eigenvalue weighted by Crippen LogP contribution is 2.42. The summed E-state index contributed by atoms with van der Waals surface area (Å²) >= 11 is 0. The van der Waals surface area contributed by atoms with Crippen LogP contribution in [0.4, 0.5) is 5.69 Å². The Kier molecular flexibility index (Phi) is 6.53. The average molecular weight is 470 g/mol. The van der Waals surface area contributed by atoms with Gasteiger partial charge in [0.05, 0.1) is 18.2 Å². The normalized spacial score (nSPS) is 17.6. The molecule has 5 heteroatoms. The van der Waals surface area contributed by atoms with Crippen molar-refractivity contribution in [3.05, 3.63) is 101 Å². The van der Waals surface area contributed by atoms with Crippen molar-refractivity contribution in [2.24, 2.45) is 0 Å². The van der Waals surface area contributed by atoms with Gasteiger partial charge in [-0.05, 0) is 66.3 Å². The van der Waals surface area contributed by atoms with Crippen molar-refractivity contribution in [2.75, 3.05) is 11.5 Å². The molecule has 3 aromatic carbocycles. The number of amides is 1. The number of aliphatic hydroxyl groups excluding tert-OH is 1. The van der Waals surface area contributed by atoms with Gasteiger partial charge in [-0.3, -0.25) is 14.5 Å². The van der Waals surface area contributed by atoms with Gasteiger partial charge in [0, 0.05) is 11.3 Å². The van der Waals surface area contributed by atoms with Gasteiger partial charge in [0.2, 0.25) is 0 Å². The molecule has 1 N–H and O–H groups in total. The second-order valence-corrected chi connectivity index (χ2v) is 9.79. The smallest absolute Gasteiger partial charge is 0.300 e. The minimum atomic E-state index is -0.752. The molecule has 1 atom stereocenters. The molecule has 1 aliphatic rings. The molecule has 0 aliphatic carbocycles. The van der Waals surface area contributed by atoms with Gasteiger partial charge < -0.3 is 9.84 Å². The molecular weight excluding hydrogens is 438 g/mol. The van der Waals surface area contributed by atoms with Crippen molar-refractivity contribution < 1.29 is 19.4 Å². The lowest BCUT2D eigenvalue weighted by Gasteiger charge is -2.26. The van der Waals surface area contributed by atoms with Crippen molar-refractivity contribution in [1.29, 1.82) is 0 Å². The Morgan fingerprint density at radius 3 is 2.20 bits per heavy atom. The highest BCUT2D eigenvalue weighted by Gasteiger charge is 2.47. The molecule has 0 radical (unpaired) electrons. The van der Waals surface area contributed by atoms with E-state index >= 15 is 0 Å². The van der Waals surface area contributed by atoms with E-state index in [0.717, 1.165) is 16.7 Å². The molecule has 4 rings (SSSR count). The zero-order valence-electron chi connectivity index (χ0n) is 20.8. The number of carbonyl (C=O) groups excluding carboxylic acids is 2. The van der Waals surface area contributed by atoms with E-state index in [2.05, 4.69) is 20.8 Å². The Labute approximate surface area is 206 Å². The van der Waals surface area contributed by atoms with Crippen molar-refractivity contribution in [3.63, 3.8) is 0 Å². The number of ether oxygens (including phenoxy) is 1. The highest BCUT2D eigenvalue weighted by molar-refractivity contribution is 6.51. The maximum Gasteiger partial charge on any atom is 0.300 e. The SMILES string of the molecule is CCOc1ccc(/C(O)=C2/C(=O)C(=O)N(c3ccccc3)C2c2ccc(C(C)(C)C)cc2)cc1C. The van der Waals surface area contributed by atoms with Crippen LogP contribution in [0.25, 0.3) is 5.76 Å². The molecule has 35 heavy (non-hydrogen) atoms. The van der Waals surface area contributed by atoms with E-state index in [1.165, 1.54) is 4.90 Å². The largest absolute Gasteiger partial charge is 0.507 e. The minimum absolute atomic E-state index is 0.0421. The predicted octanol–water partition coefficient (Wildman–Crippen LogP) is 6.32. The maximum atomic E-state index is 13.3. The summed E-state index contributed by atoms with van der Waals surface area (Å²) in [6.07, 6.45) is 0. The number of aryl methyl sites for hydroxylation is 1. The van der Waals surface area contributed by atoms with E-state index in [9.17, 15) is 14.7 Å². The number of ketones is 1. The fourth-order valence-electron chi connectivity index (χ4n) is 4.44. The van der Waals surface area contributed by atoms with E-state index in [1.54, 1.807) is 30.3 Å². The fourth-order valence-corrected chi connectivity index (χ4v) is 4.44. The molecule has 0 saturated carbocycles. The Morgan fingerprint density at radius 2 is 1.63 bits per heavy atom. The van der Waals surface area contributed by atoms with Crippen molar-refractivity contribution in [1.82, 2.24) is 0 Å². The Balaban J connectivity index is 1.89. The lowest BCUT2D eigenvalue weighted by atomic mass is 9.85. The number of benzene rings is 3. The monoisotopic (exact) mass is 469 g/mol. The van der Waals surface area contributed by atoms with Crippen LogP contribution < -0.4 is 9.64 Å². The van der Waals surface area contributed by atoms with Crippen LogP contribution in [0.1, 0.15) is 56.0 Å². The molecule has 180 valence electrons. The van der Waals surface area contributed by atoms with Crippen LogP contribution in [0.5, 0.6) is 5.75 Å². The molecule has 1 heterocycles. The summed E-state index contributed by atoms with van der Waals surface area (Å²) in [6.45, 7) is 10.7. The Bertz CT molecular complexity index is 1280. The predicted molar refractivity (Wildman–Crippen MR) is 139 cm³/mol. The molecule has 1 unspecified atom stereocenters.